The maximum Gasteiger partial charge on any atom is 0.240 e. The molecule has 0 radical (unpaired) electrons. The third kappa shape index (κ3) is 4.66. The predicted molar refractivity (Wildman–Crippen MR) is 75.2 cm³/mol. The van der Waals surface area contributed by atoms with Crippen molar-refractivity contribution in [3.8, 4) is 0 Å². The van der Waals surface area contributed by atoms with Crippen LogP contribution < -0.4 is 10.0 Å². The Morgan fingerprint density at radius 1 is 1.17 bits per heavy atom. The van der Waals surface area contributed by atoms with E-state index in [1.54, 1.807) is 24.3 Å². The fraction of sp³-hybridized carbons (Fsp3) is 0.538. The number of hydrogen-bond donors (Lipinski definition) is 2. The molecule has 0 amide bonds. The first-order chi connectivity index (χ1) is 8.45. The highest BCUT2D eigenvalue weighted by Gasteiger charge is 2.09. The van der Waals surface area contributed by atoms with Crippen LogP contribution in [-0.2, 0) is 10.0 Å². The summed E-state index contributed by atoms with van der Waals surface area (Å²) in [5, 5.41) is 3.28. The van der Waals surface area contributed by atoms with E-state index in [4.69, 9.17) is 0 Å². The van der Waals surface area contributed by atoms with Crippen LogP contribution in [0.4, 0.5) is 5.69 Å². The molecule has 0 bridgehead atoms. The van der Waals surface area contributed by atoms with E-state index in [0.717, 1.165) is 24.6 Å². The number of hydrogen-bond acceptors (Lipinski definition) is 3. The molecular formula is C13H22N2O2S. The Morgan fingerprint density at radius 2 is 1.78 bits per heavy atom. The van der Waals surface area contributed by atoms with Crippen LogP contribution in [0.3, 0.4) is 0 Å². The molecule has 0 aliphatic heterocycles. The Balaban J connectivity index is 2.51. The molecule has 0 saturated heterocycles. The summed E-state index contributed by atoms with van der Waals surface area (Å²) >= 11 is 0. The lowest BCUT2D eigenvalue weighted by Crippen LogP contribution is -2.18. The average Bonchev–Trinajstić information content (AvgIpc) is 2.35. The monoisotopic (exact) mass is 270 g/mol. The lowest BCUT2D eigenvalue weighted by molar-refractivity contribution is 0.567. The Hall–Kier alpha value is -1.07. The molecule has 0 aliphatic carbocycles. The van der Waals surface area contributed by atoms with Gasteiger partial charge in [0.05, 0.1) is 4.90 Å². The van der Waals surface area contributed by atoms with Crippen LogP contribution in [0.25, 0.3) is 0 Å². The normalized spacial score (nSPS) is 11.8. The van der Waals surface area contributed by atoms with Crippen molar-refractivity contribution in [3.63, 3.8) is 0 Å². The van der Waals surface area contributed by atoms with Crippen LogP contribution in [0.15, 0.2) is 29.2 Å². The lowest BCUT2D eigenvalue weighted by atomic mass is 10.1. The SMILES string of the molecule is CNS(=O)(=O)c1ccc(NCCCC(C)C)cc1. The molecule has 1 aromatic rings. The Kier molecular flexibility index (Phi) is 5.62. The predicted octanol–water partition coefficient (Wildman–Crippen LogP) is 2.44. The summed E-state index contributed by atoms with van der Waals surface area (Å²) in [6, 6.07) is 6.80. The van der Waals surface area contributed by atoms with Gasteiger partial charge in [0.1, 0.15) is 0 Å². The van der Waals surface area contributed by atoms with E-state index in [0.29, 0.717) is 0 Å². The molecule has 5 heteroatoms. The summed E-state index contributed by atoms with van der Waals surface area (Å²) in [5.74, 6) is 0.718. The van der Waals surface area contributed by atoms with Gasteiger partial charge in [0, 0.05) is 12.2 Å². The molecule has 0 heterocycles. The number of rotatable bonds is 7. The molecule has 102 valence electrons. The van der Waals surface area contributed by atoms with Crippen molar-refractivity contribution in [2.75, 3.05) is 18.9 Å². The van der Waals surface area contributed by atoms with Gasteiger partial charge in [-0.25, -0.2) is 13.1 Å². The van der Waals surface area contributed by atoms with Gasteiger partial charge in [-0.2, -0.15) is 0 Å². The number of anilines is 1. The minimum Gasteiger partial charge on any atom is -0.385 e. The van der Waals surface area contributed by atoms with Gasteiger partial charge in [-0.1, -0.05) is 13.8 Å². The van der Waals surface area contributed by atoms with Crippen molar-refractivity contribution < 1.29 is 8.42 Å². The third-order valence-electron chi connectivity index (χ3n) is 2.72. The van der Waals surface area contributed by atoms with E-state index in [1.165, 1.54) is 13.5 Å². The highest BCUT2D eigenvalue weighted by molar-refractivity contribution is 7.89. The van der Waals surface area contributed by atoms with Gasteiger partial charge in [0.15, 0.2) is 0 Å². The lowest BCUT2D eigenvalue weighted by Gasteiger charge is -2.08. The molecular weight excluding hydrogens is 248 g/mol. The van der Waals surface area contributed by atoms with Crippen molar-refractivity contribution in [2.45, 2.75) is 31.6 Å². The molecule has 0 fully saturated rings. The van der Waals surface area contributed by atoms with E-state index in [9.17, 15) is 8.42 Å². The van der Waals surface area contributed by atoms with Gasteiger partial charge in [0.25, 0.3) is 0 Å². The fourth-order valence-electron chi connectivity index (χ4n) is 1.61. The second-order valence-electron chi connectivity index (χ2n) is 4.69. The average molecular weight is 270 g/mol. The zero-order chi connectivity index (χ0) is 13.6. The minimum absolute atomic E-state index is 0.290. The van der Waals surface area contributed by atoms with Gasteiger partial charge in [-0.05, 0) is 50.1 Å². The molecule has 0 unspecified atom stereocenters. The fourth-order valence-corrected chi connectivity index (χ4v) is 2.34. The zero-order valence-corrected chi connectivity index (χ0v) is 12.0. The summed E-state index contributed by atoms with van der Waals surface area (Å²) in [6.45, 7) is 5.32. The first kappa shape index (κ1) is 15.0. The molecule has 0 saturated carbocycles. The molecule has 18 heavy (non-hydrogen) atoms. The second kappa shape index (κ2) is 6.75. The van der Waals surface area contributed by atoms with Crippen LogP contribution >= 0.6 is 0 Å². The summed E-state index contributed by atoms with van der Waals surface area (Å²) in [4.78, 5) is 0.290. The van der Waals surface area contributed by atoms with Crippen LogP contribution in [0.5, 0.6) is 0 Å². The summed E-state index contributed by atoms with van der Waals surface area (Å²) in [6.07, 6.45) is 2.31. The molecule has 4 nitrogen and oxygen atoms in total. The molecule has 1 aromatic carbocycles. The topological polar surface area (TPSA) is 58.2 Å². The van der Waals surface area contributed by atoms with Crippen LogP contribution in [0.2, 0.25) is 0 Å². The first-order valence-corrected chi connectivity index (χ1v) is 7.71. The maximum absolute atomic E-state index is 11.5. The Bertz CT molecular complexity index is 452. The van der Waals surface area contributed by atoms with Crippen LogP contribution in [-0.4, -0.2) is 22.0 Å². The highest BCUT2D eigenvalue weighted by atomic mass is 32.2. The van der Waals surface area contributed by atoms with Crippen molar-refractivity contribution >= 4 is 15.7 Å². The Labute approximate surface area is 110 Å². The van der Waals surface area contributed by atoms with Crippen LogP contribution in [0.1, 0.15) is 26.7 Å². The van der Waals surface area contributed by atoms with E-state index >= 15 is 0 Å². The molecule has 1 rings (SSSR count). The maximum atomic E-state index is 11.5. The largest absolute Gasteiger partial charge is 0.385 e. The standard InChI is InChI=1S/C13H22N2O2S/c1-11(2)5-4-10-15-12-6-8-13(9-7-12)18(16,17)14-3/h6-9,11,14-15H,4-5,10H2,1-3H3. The van der Waals surface area contributed by atoms with Gasteiger partial charge in [0.2, 0.25) is 10.0 Å². The minimum atomic E-state index is -3.33. The second-order valence-corrected chi connectivity index (χ2v) is 6.58. The molecule has 0 spiro atoms. The Morgan fingerprint density at radius 3 is 2.28 bits per heavy atom. The summed E-state index contributed by atoms with van der Waals surface area (Å²) in [5.41, 5.74) is 0.953. The van der Waals surface area contributed by atoms with Crippen molar-refractivity contribution in [2.24, 2.45) is 5.92 Å². The van der Waals surface area contributed by atoms with E-state index in [-0.39, 0.29) is 4.90 Å². The quantitative estimate of drug-likeness (QED) is 0.748. The summed E-state index contributed by atoms with van der Waals surface area (Å²) < 4.78 is 25.3. The van der Waals surface area contributed by atoms with E-state index in [2.05, 4.69) is 23.9 Å². The van der Waals surface area contributed by atoms with Crippen molar-refractivity contribution in [1.29, 1.82) is 0 Å². The third-order valence-corrected chi connectivity index (χ3v) is 4.15. The van der Waals surface area contributed by atoms with Gasteiger partial charge < -0.3 is 5.32 Å². The van der Waals surface area contributed by atoms with Crippen molar-refractivity contribution in [1.82, 2.24) is 4.72 Å². The zero-order valence-electron chi connectivity index (χ0n) is 11.2. The molecule has 0 atom stereocenters. The molecule has 2 N–H and O–H groups in total. The first-order valence-electron chi connectivity index (χ1n) is 6.23. The van der Waals surface area contributed by atoms with Gasteiger partial charge in [-0.3, -0.25) is 0 Å². The van der Waals surface area contributed by atoms with E-state index in [1.807, 2.05) is 0 Å². The molecule has 0 aromatic heterocycles. The molecule has 0 aliphatic rings. The van der Waals surface area contributed by atoms with E-state index < -0.39 is 10.0 Å². The van der Waals surface area contributed by atoms with Gasteiger partial charge >= 0.3 is 0 Å². The van der Waals surface area contributed by atoms with Crippen LogP contribution in [0, 0.1) is 5.92 Å². The van der Waals surface area contributed by atoms with Crippen molar-refractivity contribution in [3.05, 3.63) is 24.3 Å². The smallest absolute Gasteiger partial charge is 0.240 e. The number of nitrogens with one attached hydrogen (secondary N) is 2. The highest BCUT2D eigenvalue weighted by Crippen LogP contribution is 2.14. The summed E-state index contributed by atoms with van der Waals surface area (Å²) in [7, 11) is -1.92. The number of benzene rings is 1. The van der Waals surface area contributed by atoms with Gasteiger partial charge in [-0.15, -0.1) is 0 Å². The number of sulfonamides is 1.